The van der Waals surface area contributed by atoms with E-state index in [2.05, 4.69) is 35.6 Å². The summed E-state index contributed by atoms with van der Waals surface area (Å²) in [4.78, 5) is 83.0. The van der Waals surface area contributed by atoms with Gasteiger partial charge in [0.15, 0.2) is 0 Å². The predicted octanol–water partition coefficient (Wildman–Crippen LogP) is 12.4. The van der Waals surface area contributed by atoms with Crippen molar-refractivity contribution in [1.82, 2.24) is 39.9 Å². The van der Waals surface area contributed by atoms with Crippen molar-refractivity contribution < 1.29 is 63.5 Å². The Morgan fingerprint density at radius 3 is 2.18 bits per heavy atom. The van der Waals surface area contributed by atoms with Crippen molar-refractivity contribution in [2.75, 3.05) is 74.9 Å². The van der Waals surface area contributed by atoms with E-state index in [0.717, 1.165) is 69.2 Å². The van der Waals surface area contributed by atoms with E-state index in [-0.39, 0.29) is 66.8 Å². The zero-order valence-corrected chi connectivity index (χ0v) is 64.7. The number of sulfonamides is 1. The molecule has 2 aliphatic carbocycles. The normalized spacial score (nSPS) is 20.6. The van der Waals surface area contributed by atoms with Crippen molar-refractivity contribution in [2.45, 2.75) is 181 Å². The van der Waals surface area contributed by atoms with Crippen LogP contribution in [0.1, 0.15) is 144 Å². The number of hydrogen-bond donors (Lipinski definition) is 5. The van der Waals surface area contributed by atoms with Gasteiger partial charge in [-0.25, -0.2) is 30.9 Å². The molecule has 1 spiro atoms. The number of sulfone groups is 1. The third kappa shape index (κ3) is 18.9. The second kappa shape index (κ2) is 33.0. The highest BCUT2D eigenvalue weighted by atomic mass is 35.5. The Balaban J connectivity index is 0.613. The summed E-state index contributed by atoms with van der Waals surface area (Å²) in [6.45, 7) is 14.0. The molecule has 107 heavy (non-hydrogen) atoms. The number of nitrogens with one attached hydrogen (secondary N) is 4. The van der Waals surface area contributed by atoms with E-state index in [1.807, 2.05) is 98.8 Å². The van der Waals surface area contributed by atoms with Gasteiger partial charge in [0, 0.05) is 129 Å². The number of benzene rings is 5. The van der Waals surface area contributed by atoms with Crippen molar-refractivity contribution in [3.63, 3.8) is 0 Å². The Kier molecular flexibility index (Phi) is 24.4. The molecule has 4 aliphatic heterocycles. The molecule has 6 aliphatic rings. The van der Waals surface area contributed by atoms with Gasteiger partial charge in [0.05, 0.1) is 38.8 Å². The fraction of sp³-hybridized carbons (Fsp3) is 0.487. The standard InChI is InChI=1S/C78H93ClF4N10O10S4/c1-49(51-16-18-52(19-17-51)71-50(2)84-48-105-71)85-74(98)67-40-60(94)46-93(67)75(99)72(76(3,4)5)87-69(95)14-10-7-11-15-70(96)92-45-58-39-59(92)44-91(58)33-29-56(47-104-61-12-8-6-9-13-61)86-66-27-25-62(41-68(66)106(100,101)78(81,82)83)107(102,103)88-73(97)53-20-23-57(24-21-53)90-36-34-89(35-37-90)43-54-42-77(31-32-77)30-28-63(54)64-26-22-55(79)38-65(64)80/h6,8-9,12-13,16-27,38,41,48-49,56,58-60,67,72,86,94H,7,10-11,14-15,28-37,39-40,42-47H2,1-5H3,(H,85,98)(H,87,95)(H,88,97)/t49-,56+,58?,59?,60+,67-,72+/m0/s1. The maximum absolute atomic E-state index is 15.2. The number of hydrogen-bond acceptors (Lipinski definition) is 17. The largest absolute Gasteiger partial charge is 0.501 e. The van der Waals surface area contributed by atoms with Gasteiger partial charge in [-0.3, -0.25) is 33.8 Å². The van der Waals surface area contributed by atoms with Crippen molar-refractivity contribution in [1.29, 1.82) is 0 Å². The number of aliphatic hydroxyl groups is 1. The quantitative estimate of drug-likeness (QED) is 0.0174. The summed E-state index contributed by atoms with van der Waals surface area (Å²) in [7, 11) is -11.2. The summed E-state index contributed by atoms with van der Waals surface area (Å²) in [5.41, 5.74) is 1.47. The average molecular weight is 1570 g/mol. The molecule has 12 rings (SSSR count). The molecule has 7 atom stereocenters. The van der Waals surface area contributed by atoms with Crippen LogP contribution in [0.15, 0.2) is 141 Å². The lowest BCUT2D eigenvalue weighted by molar-refractivity contribution is -0.144. The summed E-state index contributed by atoms with van der Waals surface area (Å²) < 4.78 is 116. The molecule has 1 aromatic heterocycles. The Morgan fingerprint density at radius 2 is 1.52 bits per heavy atom. The van der Waals surface area contributed by atoms with Crippen molar-refractivity contribution in [3.05, 3.63) is 160 Å². The van der Waals surface area contributed by atoms with Crippen molar-refractivity contribution in [2.24, 2.45) is 10.8 Å². The molecule has 6 aromatic rings. The van der Waals surface area contributed by atoms with Crippen molar-refractivity contribution >= 4 is 101 Å². The molecule has 5 N–H and O–H groups in total. The van der Waals surface area contributed by atoms with Crippen molar-refractivity contribution in [3.8, 4) is 10.4 Å². The SMILES string of the molecule is Cc1ncsc1-c1ccc([C@H](C)NC(=O)[C@@H]2C[C@@H](O)CN2C(=O)[C@@H](NC(=O)CCCCCC(=O)N2CC3CC2CN3CC[C@H](CSc2ccccc2)Nc2ccc(S(=O)(=O)NC(=O)c3ccc(N4CCN(CC5=C(c6ccc(Cl)cc6F)CCC6(CC6)C5)CC4)cc3)cc2S(=O)(=O)C(F)(F)F)C(C)(C)C)cc1. The number of nitrogens with zero attached hydrogens (tertiary/aromatic N) is 6. The third-order valence-electron chi connectivity index (χ3n) is 21.8. The first-order valence-electron chi connectivity index (χ1n) is 36.6. The minimum absolute atomic E-state index is 0.0236. The minimum Gasteiger partial charge on any atom is -0.391 e. The number of halogens is 5. The molecular formula is C78H93ClF4N10O10S4. The molecule has 29 heteroatoms. The van der Waals surface area contributed by atoms with Crippen LogP contribution >= 0.6 is 34.7 Å². The number of fused-ring (bicyclic) bond motifs is 2. The van der Waals surface area contributed by atoms with Gasteiger partial charge in [-0.1, -0.05) is 92.9 Å². The second-order valence-electron chi connectivity index (χ2n) is 30.5. The molecule has 574 valence electrons. The minimum atomic E-state index is -6.20. The number of alkyl halides is 3. The van der Waals surface area contributed by atoms with Gasteiger partial charge in [0.2, 0.25) is 23.6 Å². The summed E-state index contributed by atoms with van der Waals surface area (Å²) in [6.07, 6.45) is 7.12. The molecule has 5 aromatic carbocycles. The zero-order chi connectivity index (χ0) is 76.3. The van der Waals surface area contributed by atoms with Crippen LogP contribution in [-0.4, -0.2) is 183 Å². The number of thioether (sulfide) groups is 1. The number of piperazine rings is 2. The number of allylic oxidation sites excluding steroid dienone is 1. The first-order valence-corrected chi connectivity index (χ1v) is 41.9. The molecule has 2 bridgehead atoms. The lowest BCUT2D eigenvalue weighted by atomic mass is 9.78. The highest BCUT2D eigenvalue weighted by Gasteiger charge is 2.50. The molecule has 5 amide bonds. The molecule has 2 unspecified atom stereocenters. The molecule has 5 fully saturated rings. The van der Waals surface area contributed by atoms with Crippen LogP contribution in [0.25, 0.3) is 16.0 Å². The van der Waals surface area contributed by atoms with Gasteiger partial charge < -0.3 is 35.8 Å². The number of aliphatic hydroxyl groups excluding tert-OH is 1. The number of aromatic nitrogens is 1. The van der Waals surface area contributed by atoms with Gasteiger partial charge >= 0.3 is 5.51 Å². The number of rotatable bonds is 28. The van der Waals surface area contributed by atoms with E-state index in [1.54, 1.807) is 41.1 Å². The highest BCUT2D eigenvalue weighted by molar-refractivity contribution is 7.99. The van der Waals surface area contributed by atoms with E-state index in [4.69, 9.17) is 11.6 Å². The molecule has 1 saturated carbocycles. The van der Waals surface area contributed by atoms with Crippen LogP contribution in [0.4, 0.5) is 28.9 Å². The molecule has 5 heterocycles. The summed E-state index contributed by atoms with van der Waals surface area (Å²) in [5, 5.41) is 20.1. The number of unbranched alkanes of at least 4 members (excludes halogenated alkanes) is 2. The molecule has 0 radical (unpaired) electrons. The van der Waals surface area contributed by atoms with Crippen LogP contribution < -0.4 is 25.6 Å². The fourth-order valence-electron chi connectivity index (χ4n) is 15.6. The monoisotopic (exact) mass is 1570 g/mol. The lowest BCUT2D eigenvalue weighted by Crippen LogP contribution is -2.57. The molecular weight excluding hydrogens is 1480 g/mol. The van der Waals surface area contributed by atoms with Crippen LogP contribution in [0.3, 0.4) is 0 Å². The van der Waals surface area contributed by atoms with Crippen LogP contribution in [-0.2, 0) is 39.0 Å². The summed E-state index contributed by atoms with van der Waals surface area (Å²) in [5.74, 6) is -2.41. The number of likely N-dealkylation sites (tertiary alicyclic amines) is 3. The van der Waals surface area contributed by atoms with Gasteiger partial charge in [-0.05, 0) is 166 Å². The Bertz CT molecular complexity index is 4520. The van der Waals surface area contributed by atoms with E-state index in [9.17, 15) is 59.1 Å². The first kappa shape index (κ1) is 79.1. The Morgan fingerprint density at radius 1 is 0.804 bits per heavy atom. The number of anilines is 2. The van der Waals surface area contributed by atoms with Gasteiger partial charge in [-0.15, -0.1) is 23.1 Å². The van der Waals surface area contributed by atoms with E-state index in [1.165, 1.54) is 53.3 Å². The van der Waals surface area contributed by atoms with E-state index < -0.39 is 94.3 Å². The fourth-order valence-corrected chi connectivity index (χ4v) is 19.6. The van der Waals surface area contributed by atoms with Crippen LogP contribution in [0.5, 0.6) is 0 Å². The smallest absolute Gasteiger partial charge is 0.391 e. The lowest BCUT2D eigenvalue weighted by Gasteiger charge is -2.38. The van der Waals surface area contributed by atoms with E-state index >= 15 is 4.39 Å². The second-order valence-corrected chi connectivity index (χ2v) is 36.5. The topological polar surface area (TPSA) is 251 Å². The molecule has 20 nitrogen and oxygen atoms in total. The zero-order valence-electron chi connectivity index (χ0n) is 60.7. The van der Waals surface area contributed by atoms with Gasteiger partial charge in [0.1, 0.15) is 22.8 Å². The van der Waals surface area contributed by atoms with Gasteiger partial charge in [-0.2, -0.15) is 13.2 Å². The average Bonchev–Trinajstić information content (AvgIpc) is 1.76. The number of carbonyl (C=O) groups excluding carboxylic acids is 5. The number of thiazole rings is 1. The Hall–Kier alpha value is -7.44. The van der Waals surface area contributed by atoms with E-state index in [0.29, 0.717) is 107 Å². The maximum Gasteiger partial charge on any atom is 0.501 e. The number of β-amino-alcohol motifs (C(OH)–C–C–N with tert-alkyl or cyclic N) is 1. The maximum atomic E-state index is 15.2. The summed E-state index contributed by atoms with van der Waals surface area (Å²) >= 11 is 9.05. The number of aryl methyl sites for hydroxylation is 1. The first-order chi connectivity index (χ1) is 50.8. The van der Waals surface area contributed by atoms with Crippen LogP contribution in [0, 0.1) is 23.6 Å². The third-order valence-corrected chi connectivity index (χ3v) is 27.1. The Labute approximate surface area is 636 Å². The number of amides is 5. The number of carbonyl (C=O) groups is 5. The van der Waals surface area contributed by atoms with Gasteiger partial charge in [0.25, 0.3) is 25.8 Å². The predicted molar refractivity (Wildman–Crippen MR) is 407 cm³/mol. The highest BCUT2D eigenvalue weighted by Crippen LogP contribution is 2.59. The van der Waals surface area contributed by atoms with Crippen LogP contribution in [0.2, 0.25) is 5.02 Å². The molecule has 4 saturated heterocycles. The summed E-state index contributed by atoms with van der Waals surface area (Å²) in [6, 6.07) is 27.4.